The highest BCUT2D eigenvalue weighted by Gasteiger charge is 2.38. The van der Waals surface area contributed by atoms with Crippen molar-refractivity contribution in [3.8, 4) is 0 Å². The van der Waals surface area contributed by atoms with Crippen LogP contribution in [0.3, 0.4) is 0 Å². The third-order valence-corrected chi connectivity index (χ3v) is 4.33. The monoisotopic (exact) mass is 237 g/mol. The molecule has 0 aromatic carbocycles. The molecule has 0 spiro atoms. The molecule has 1 aliphatic carbocycles. The van der Waals surface area contributed by atoms with E-state index in [1.54, 1.807) is 0 Å². The zero-order valence-electron chi connectivity index (χ0n) is 9.09. The van der Waals surface area contributed by atoms with Gasteiger partial charge < -0.3 is 9.64 Å². The molecule has 1 saturated carbocycles. The second-order valence-corrected chi connectivity index (χ2v) is 5.33. The molecule has 4 heteroatoms. The largest absolute Gasteiger partial charge is 0.374 e. The number of nitrogens with zero attached hydrogens (tertiary/aromatic N) is 1. The van der Waals surface area contributed by atoms with Crippen LogP contribution in [-0.4, -0.2) is 36.1 Å². The van der Waals surface area contributed by atoms with E-state index in [0.29, 0.717) is 12.6 Å². The summed E-state index contributed by atoms with van der Waals surface area (Å²) >= 11 is 1.53. The van der Waals surface area contributed by atoms with E-state index in [4.69, 9.17) is 4.74 Å². The van der Waals surface area contributed by atoms with E-state index < -0.39 is 0 Å². The average Bonchev–Trinajstić information content (AvgIpc) is 2.98. The molecule has 2 atom stereocenters. The Hall–Kier alpha value is -0.870. The fourth-order valence-electron chi connectivity index (χ4n) is 2.72. The first-order valence-corrected chi connectivity index (χ1v) is 6.70. The molecular formula is C12H15NO2S. The maximum atomic E-state index is 12.3. The van der Waals surface area contributed by atoms with Crippen molar-refractivity contribution in [3.05, 3.63) is 22.4 Å². The van der Waals surface area contributed by atoms with Crippen LogP contribution in [0.25, 0.3) is 0 Å². The van der Waals surface area contributed by atoms with Gasteiger partial charge in [-0.1, -0.05) is 6.07 Å². The van der Waals surface area contributed by atoms with Crippen molar-refractivity contribution in [2.45, 2.75) is 31.4 Å². The zero-order chi connectivity index (χ0) is 11.0. The van der Waals surface area contributed by atoms with Gasteiger partial charge in [-0.25, -0.2) is 0 Å². The summed E-state index contributed by atoms with van der Waals surface area (Å²) in [6.45, 7) is 1.44. The quantitative estimate of drug-likeness (QED) is 0.749. The fraction of sp³-hybridized carbons (Fsp3) is 0.583. The normalized spacial score (nSPS) is 29.1. The molecule has 1 aliphatic heterocycles. The Morgan fingerprint density at radius 2 is 2.44 bits per heavy atom. The summed E-state index contributed by atoms with van der Waals surface area (Å²) in [6.07, 6.45) is 3.68. The van der Waals surface area contributed by atoms with Gasteiger partial charge in [0.25, 0.3) is 5.91 Å². The summed E-state index contributed by atoms with van der Waals surface area (Å²) in [5, 5.41) is 1.96. The van der Waals surface area contributed by atoms with E-state index in [0.717, 1.165) is 24.3 Å². The van der Waals surface area contributed by atoms with Gasteiger partial charge in [-0.2, -0.15) is 0 Å². The van der Waals surface area contributed by atoms with Crippen molar-refractivity contribution < 1.29 is 9.53 Å². The van der Waals surface area contributed by atoms with Crippen LogP contribution < -0.4 is 0 Å². The Labute approximate surface area is 99.0 Å². The molecule has 2 aliphatic rings. The minimum atomic E-state index is 0.190. The molecule has 1 aromatic heterocycles. The van der Waals surface area contributed by atoms with Gasteiger partial charge in [-0.15, -0.1) is 11.3 Å². The number of rotatable bonds is 1. The van der Waals surface area contributed by atoms with Crippen LogP contribution in [0, 0.1) is 0 Å². The van der Waals surface area contributed by atoms with Crippen LogP contribution >= 0.6 is 11.3 Å². The van der Waals surface area contributed by atoms with Crippen molar-refractivity contribution in [1.82, 2.24) is 4.90 Å². The smallest absolute Gasteiger partial charge is 0.264 e. The highest BCUT2D eigenvalue weighted by atomic mass is 32.1. The third kappa shape index (κ3) is 1.66. The third-order valence-electron chi connectivity index (χ3n) is 3.47. The summed E-state index contributed by atoms with van der Waals surface area (Å²) in [6, 6.07) is 4.17. The summed E-state index contributed by atoms with van der Waals surface area (Å²) in [5.41, 5.74) is 0. The van der Waals surface area contributed by atoms with Gasteiger partial charge in [0.05, 0.1) is 23.6 Å². The SMILES string of the molecule is O=C(c1cccs1)N1CCOC2CCCC21. The first-order valence-electron chi connectivity index (χ1n) is 5.82. The van der Waals surface area contributed by atoms with Crippen LogP contribution in [0.2, 0.25) is 0 Å². The lowest BCUT2D eigenvalue weighted by atomic mass is 10.1. The Kier molecular flexibility index (Phi) is 2.69. The minimum Gasteiger partial charge on any atom is -0.374 e. The van der Waals surface area contributed by atoms with E-state index in [1.165, 1.54) is 17.8 Å². The highest BCUT2D eigenvalue weighted by Crippen LogP contribution is 2.31. The van der Waals surface area contributed by atoms with E-state index >= 15 is 0 Å². The maximum absolute atomic E-state index is 12.3. The van der Waals surface area contributed by atoms with Gasteiger partial charge in [-0.3, -0.25) is 4.79 Å². The molecule has 0 N–H and O–H groups in total. The number of hydrogen-bond acceptors (Lipinski definition) is 3. The number of amides is 1. The first kappa shape index (κ1) is 10.3. The van der Waals surface area contributed by atoms with Gasteiger partial charge >= 0.3 is 0 Å². The predicted octanol–water partition coefficient (Wildman–Crippen LogP) is 2.14. The second kappa shape index (κ2) is 4.18. The molecule has 86 valence electrons. The van der Waals surface area contributed by atoms with Gasteiger partial charge in [0.1, 0.15) is 0 Å². The van der Waals surface area contributed by atoms with Crippen LogP contribution in [0.15, 0.2) is 17.5 Å². The number of ether oxygens (including phenoxy) is 1. The summed E-state index contributed by atoms with van der Waals surface area (Å²) in [5.74, 6) is 0.190. The number of fused-ring (bicyclic) bond motifs is 1. The van der Waals surface area contributed by atoms with Gasteiger partial charge in [0, 0.05) is 6.54 Å². The molecular weight excluding hydrogens is 222 g/mol. The topological polar surface area (TPSA) is 29.5 Å². The van der Waals surface area contributed by atoms with Crippen molar-refractivity contribution in [2.24, 2.45) is 0 Å². The zero-order valence-corrected chi connectivity index (χ0v) is 9.91. The van der Waals surface area contributed by atoms with Crippen molar-refractivity contribution in [2.75, 3.05) is 13.2 Å². The molecule has 2 unspecified atom stereocenters. The Balaban J connectivity index is 1.80. The van der Waals surface area contributed by atoms with Crippen molar-refractivity contribution in [3.63, 3.8) is 0 Å². The van der Waals surface area contributed by atoms with Crippen LogP contribution in [0.5, 0.6) is 0 Å². The van der Waals surface area contributed by atoms with E-state index in [-0.39, 0.29) is 12.0 Å². The summed E-state index contributed by atoms with van der Waals surface area (Å²) < 4.78 is 5.71. The minimum absolute atomic E-state index is 0.190. The van der Waals surface area contributed by atoms with Crippen molar-refractivity contribution in [1.29, 1.82) is 0 Å². The number of carbonyl (C=O) groups excluding carboxylic acids is 1. The molecule has 3 nitrogen and oxygen atoms in total. The fourth-order valence-corrected chi connectivity index (χ4v) is 3.40. The predicted molar refractivity (Wildman–Crippen MR) is 62.7 cm³/mol. The van der Waals surface area contributed by atoms with Crippen molar-refractivity contribution >= 4 is 17.2 Å². The lowest BCUT2D eigenvalue weighted by Crippen LogP contribution is -2.51. The lowest BCUT2D eigenvalue weighted by molar-refractivity contribution is -0.0443. The van der Waals surface area contributed by atoms with Crippen LogP contribution in [-0.2, 0) is 4.74 Å². The summed E-state index contributed by atoms with van der Waals surface area (Å²) in [7, 11) is 0. The molecule has 1 amide bonds. The highest BCUT2D eigenvalue weighted by molar-refractivity contribution is 7.12. The Bertz CT molecular complexity index is 376. The van der Waals surface area contributed by atoms with E-state index in [2.05, 4.69) is 0 Å². The average molecular weight is 237 g/mol. The van der Waals surface area contributed by atoms with Gasteiger partial charge in [0.15, 0.2) is 0 Å². The van der Waals surface area contributed by atoms with Gasteiger partial charge in [0.2, 0.25) is 0 Å². The Morgan fingerprint density at radius 3 is 3.25 bits per heavy atom. The van der Waals surface area contributed by atoms with Gasteiger partial charge in [-0.05, 0) is 30.7 Å². The molecule has 0 radical (unpaired) electrons. The molecule has 2 fully saturated rings. The Morgan fingerprint density at radius 1 is 1.50 bits per heavy atom. The standard InChI is InChI=1S/C12H15NO2S/c14-12(11-5-2-8-16-11)13-6-7-15-10-4-1-3-9(10)13/h2,5,8-10H,1,3-4,6-7H2. The molecule has 3 rings (SSSR count). The summed E-state index contributed by atoms with van der Waals surface area (Å²) in [4.78, 5) is 15.2. The molecule has 16 heavy (non-hydrogen) atoms. The molecule has 0 bridgehead atoms. The number of thiophene rings is 1. The first-order chi connectivity index (χ1) is 7.86. The number of morpholine rings is 1. The van der Waals surface area contributed by atoms with Crippen LogP contribution in [0.4, 0.5) is 0 Å². The second-order valence-electron chi connectivity index (χ2n) is 4.38. The number of carbonyl (C=O) groups is 1. The number of hydrogen-bond donors (Lipinski definition) is 0. The van der Waals surface area contributed by atoms with E-state index in [9.17, 15) is 4.79 Å². The molecule has 1 saturated heterocycles. The maximum Gasteiger partial charge on any atom is 0.264 e. The molecule has 1 aromatic rings. The lowest BCUT2D eigenvalue weighted by Gasteiger charge is -2.37. The van der Waals surface area contributed by atoms with E-state index in [1.807, 2.05) is 22.4 Å². The van der Waals surface area contributed by atoms with Crippen LogP contribution in [0.1, 0.15) is 28.9 Å². The molecule has 2 heterocycles.